The van der Waals surface area contributed by atoms with Crippen molar-refractivity contribution in [2.75, 3.05) is 10.7 Å². The van der Waals surface area contributed by atoms with Crippen LogP contribution in [0.15, 0.2) is 77.7 Å². The first-order chi connectivity index (χ1) is 14.6. The Kier molecular flexibility index (Phi) is 6.72. The number of benzene rings is 3. The maximum Gasteiger partial charge on any atom is 0.233 e. The number of thiazole rings is 1. The van der Waals surface area contributed by atoms with Gasteiger partial charge in [0, 0.05) is 4.90 Å². The lowest BCUT2D eigenvalue weighted by atomic mass is 10.1. The summed E-state index contributed by atoms with van der Waals surface area (Å²) >= 11 is 9.61. The number of fused-ring (bicyclic) bond motifs is 1. The van der Waals surface area contributed by atoms with Gasteiger partial charge in [0.15, 0.2) is 5.13 Å². The Bertz CT molecular complexity index is 1140. The van der Waals surface area contributed by atoms with Gasteiger partial charge in [-0.3, -0.25) is 9.69 Å². The number of thioether (sulfide) groups is 1. The third kappa shape index (κ3) is 4.86. The molecule has 4 aromatic rings. The van der Waals surface area contributed by atoms with Crippen LogP contribution in [0, 0.1) is 0 Å². The van der Waals surface area contributed by atoms with Gasteiger partial charge in [-0.05, 0) is 41.1 Å². The quantitative estimate of drug-likeness (QED) is 0.288. The summed E-state index contributed by atoms with van der Waals surface area (Å²) in [4.78, 5) is 21.0. The maximum atomic E-state index is 13.3. The van der Waals surface area contributed by atoms with Gasteiger partial charge in [-0.15, -0.1) is 11.8 Å². The monoisotopic (exact) mass is 452 g/mol. The molecule has 0 saturated carbocycles. The Morgan fingerprint density at radius 3 is 2.47 bits per heavy atom. The van der Waals surface area contributed by atoms with E-state index in [9.17, 15) is 4.79 Å². The second kappa shape index (κ2) is 9.65. The highest BCUT2D eigenvalue weighted by Gasteiger charge is 2.21. The Morgan fingerprint density at radius 2 is 1.77 bits per heavy atom. The number of hydrogen-bond donors (Lipinski definition) is 0. The van der Waals surface area contributed by atoms with Crippen molar-refractivity contribution in [1.82, 2.24) is 4.98 Å². The molecule has 1 amide bonds. The van der Waals surface area contributed by atoms with Crippen LogP contribution in [0.25, 0.3) is 10.2 Å². The molecule has 0 aliphatic carbocycles. The number of rotatable bonds is 7. The third-order valence-electron chi connectivity index (χ3n) is 4.66. The number of aromatic nitrogens is 1. The number of amides is 1. The van der Waals surface area contributed by atoms with Crippen molar-refractivity contribution in [3.05, 3.63) is 88.9 Å². The van der Waals surface area contributed by atoms with Crippen molar-refractivity contribution in [3.63, 3.8) is 0 Å². The summed E-state index contributed by atoms with van der Waals surface area (Å²) in [6, 6.07) is 23.9. The van der Waals surface area contributed by atoms with Crippen molar-refractivity contribution >= 4 is 56.0 Å². The van der Waals surface area contributed by atoms with Gasteiger partial charge in [0.05, 0.1) is 22.7 Å². The Morgan fingerprint density at radius 1 is 1.00 bits per heavy atom. The SMILES string of the molecule is CCSc1ccc(CC(=O)N(Cc2ccccc2)c2nc3c(Cl)cccc3s2)cc1. The number of halogens is 1. The summed E-state index contributed by atoms with van der Waals surface area (Å²) in [6.45, 7) is 2.61. The molecule has 6 heteroatoms. The first kappa shape index (κ1) is 20.9. The summed E-state index contributed by atoms with van der Waals surface area (Å²) in [5, 5.41) is 1.27. The minimum absolute atomic E-state index is 0.0185. The number of nitrogens with zero attached hydrogens (tertiary/aromatic N) is 2. The zero-order valence-electron chi connectivity index (χ0n) is 16.5. The number of hydrogen-bond acceptors (Lipinski definition) is 4. The molecule has 0 N–H and O–H groups in total. The average Bonchev–Trinajstić information content (AvgIpc) is 3.20. The highest BCUT2D eigenvalue weighted by atomic mass is 35.5. The van der Waals surface area contributed by atoms with E-state index in [2.05, 4.69) is 19.1 Å². The van der Waals surface area contributed by atoms with Crippen molar-refractivity contribution < 1.29 is 4.79 Å². The van der Waals surface area contributed by atoms with Crippen molar-refractivity contribution in [3.8, 4) is 0 Å². The average molecular weight is 453 g/mol. The minimum atomic E-state index is 0.0185. The Labute approximate surface area is 189 Å². The van der Waals surface area contributed by atoms with Gasteiger partial charge >= 0.3 is 0 Å². The molecule has 3 nitrogen and oxygen atoms in total. The molecule has 0 bridgehead atoms. The van der Waals surface area contributed by atoms with Gasteiger partial charge in [0.25, 0.3) is 0 Å². The lowest BCUT2D eigenvalue weighted by Gasteiger charge is -2.20. The predicted octanol–water partition coefficient (Wildman–Crippen LogP) is 6.84. The highest BCUT2D eigenvalue weighted by Crippen LogP contribution is 2.33. The fourth-order valence-electron chi connectivity index (χ4n) is 3.19. The van der Waals surface area contributed by atoms with Crippen molar-refractivity contribution in [1.29, 1.82) is 0 Å². The van der Waals surface area contributed by atoms with Crippen molar-refractivity contribution in [2.24, 2.45) is 0 Å². The molecule has 30 heavy (non-hydrogen) atoms. The molecular formula is C24H21ClN2OS2. The van der Waals surface area contributed by atoms with Crippen LogP contribution in [0.1, 0.15) is 18.1 Å². The largest absolute Gasteiger partial charge is 0.283 e. The van der Waals surface area contributed by atoms with E-state index < -0.39 is 0 Å². The molecule has 0 fully saturated rings. The summed E-state index contributed by atoms with van der Waals surface area (Å²) < 4.78 is 0.976. The minimum Gasteiger partial charge on any atom is -0.283 e. The zero-order chi connectivity index (χ0) is 20.9. The van der Waals surface area contributed by atoms with E-state index in [0.29, 0.717) is 23.1 Å². The Hall–Kier alpha value is -2.34. The van der Waals surface area contributed by atoms with E-state index in [1.54, 1.807) is 16.7 Å². The number of carbonyl (C=O) groups is 1. The van der Waals surface area contributed by atoms with Crippen LogP contribution < -0.4 is 4.90 Å². The lowest BCUT2D eigenvalue weighted by molar-refractivity contribution is -0.118. The number of anilines is 1. The summed E-state index contributed by atoms with van der Waals surface area (Å²) in [5.74, 6) is 1.05. The predicted molar refractivity (Wildman–Crippen MR) is 129 cm³/mol. The van der Waals surface area contributed by atoms with Gasteiger partial charge in [-0.2, -0.15) is 0 Å². The molecule has 0 atom stereocenters. The van der Waals surface area contributed by atoms with Crippen LogP contribution in [-0.4, -0.2) is 16.6 Å². The maximum absolute atomic E-state index is 13.3. The summed E-state index contributed by atoms with van der Waals surface area (Å²) in [7, 11) is 0. The second-order valence-electron chi connectivity index (χ2n) is 6.80. The number of carbonyl (C=O) groups excluding carboxylic acids is 1. The van der Waals surface area contributed by atoms with Gasteiger partial charge in [0.1, 0.15) is 5.52 Å². The fraction of sp³-hybridized carbons (Fsp3) is 0.167. The first-order valence-corrected chi connectivity index (χ1v) is 11.9. The van der Waals surface area contributed by atoms with Gasteiger partial charge < -0.3 is 0 Å². The van der Waals surface area contributed by atoms with Gasteiger partial charge in [-0.25, -0.2) is 4.98 Å². The molecule has 3 aromatic carbocycles. The molecule has 0 radical (unpaired) electrons. The topological polar surface area (TPSA) is 33.2 Å². The standard InChI is InChI=1S/C24H21ClN2OS2/c1-2-29-19-13-11-17(12-14-19)15-22(28)27(16-18-7-4-3-5-8-18)24-26-23-20(25)9-6-10-21(23)30-24/h3-14H,2,15-16H2,1H3. The van der Waals surface area contributed by atoms with E-state index in [1.165, 1.54) is 16.2 Å². The molecule has 4 rings (SSSR count). The normalized spacial score (nSPS) is 11.0. The van der Waals surface area contributed by atoms with E-state index in [4.69, 9.17) is 16.6 Å². The second-order valence-corrected chi connectivity index (χ2v) is 9.56. The molecule has 0 saturated heterocycles. The molecule has 0 spiro atoms. The van der Waals surface area contributed by atoms with Crippen LogP contribution >= 0.6 is 34.7 Å². The zero-order valence-corrected chi connectivity index (χ0v) is 18.9. The highest BCUT2D eigenvalue weighted by molar-refractivity contribution is 7.99. The van der Waals surface area contributed by atoms with E-state index in [1.807, 2.05) is 60.7 Å². The van der Waals surface area contributed by atoms with Crippen LogP contribution in [-0.2, 0) is 17.8 Å². The van der Waals surface area contributed by atoms with Crippen LogP contribution in [0.2, 0.25) is 5.02 Å². The van der Waals surface area contributed by atoms with Gasteiger partial charge in [0.2, 0.25) is 5.91 Å². The molecule has 0 aliphatic rings. The molecule has 0 aliphatic heterocycles. The van der Waals surface area contributed by atoms with Crippen LogP contribution in [0.4, 0.5) is 5.13 Å². The summed E-state index contributed by atoms with van der Waals surface area (Å²) in [5.41, 5.74) is 2.80. The van der Waals surface area contributed by atoms with E-state index >= 15 is 0 Å². The third-order valence-corrected chi connectivity index (χ3v) is 6.91. The number of para-hydroxylation sites is 1. The smallest absolute Gasteiger partial charge is 0.233 e. The fourth-order valence-corrected chi connectivity index (χ4v) is 5.13. The van der Waals surface area contributed by atoms with Crippen molar-refractivity contribution in [2.45, 2.75) is 24.8 Å². The molecule has 1 heterocycles. The van der Waals surface area contributed by atoms with Crippen LogP contribution in [0.3, 0.4) is 0 Å². The molecule has 152 valence electrons. The lowest BCUT2D eigenvalue weighted by Crippen LogP contribution is -2.31. The van der Waals surface area contributed by atoms with Gasteiger partial charge in [-0.1, -0.05) is 78.4 Å². The molecule has 1 aromatic heterocycles. The van der Waals surface area contributed by atoms with Crippen LogP contribution in [0.5, 0.6) is 0 Å². The molecular weight excluding hydrogens is 432 g/mol. The Balaban J connectivity index is 1.63. The van der Waals surface area contributed by atoms with E-state index in [0.717, 1.165) is 27.1 Å². The summed E-state index contributed by atoms with van der Waals surface area (Å²) in [6.07, 6.45) is 0.327. The first-order valence-electron chi connectivity index (χ1n) is 9.75. The van der Waals surface area contributed by atoms with E-state index in [-0.39, 0.29) is 5.91 Å². The molecule has 0 unspecified atom stereocenters.